The van der Waals surface area contributed by atoms with Crippen molar-refractivity contribution >= 4 is 28.4 Å². The van der Waals surface area contributed by atoms with Gasteiger partial charge in [-0.15, -0.1) is 0 Å². The average molecular weight is 500 g/mol. The zero-order chi connectivity index (χ0) is 25.3. The number of aliphatic imine (C=N–C) groups is 1. The van der Waals surface area contributed by atoms with Crippen LogP contribution in [0.1, 0.15) is 37.7 Å². The van der Waals surface area contributed by atoms with E-state index >= 15 is 4.39 Å². The highest BCUT2D eigenvalue weighted by Gasteiger charge is 2.58. The Kier molecular flexibility index (Phi) is 5.00. The molecule has 0 bridgehead atoms. The second-order valence-electron chi connectivity index (χ2n) is 11.0. The average Bonchev–Trinajstić information content (AvgIpc) is 3.82. The van der Waals surface area contributed by atoms with Crippen molar-refractivity contribution in [2.24, 2.45) is 16.8 Å². The number of benzene rings is 3. The van der Waals surface area contributed by atoms with Crippen LogP contribution in [-0.2, 0) is 9.59 Å². The minimum Gasteiger partial charge on any atom is -0.342 e. The number of amides is 2. The Morgan fingerprint density at radius 3 is 2.43 bits per heavy atom. The van der Waals surface area contributed by atoms with Crippen LogP contribution in [0.25, 0.3) is 21.9 Å². The first-order valence-corrected chi connectivity index (χ1v) is 13.1. The number of amidine groups is 1. The first kappa shape index (κ1) is 22.6. The molecule has 37 heavy (non-hydrogen) atoms. The number of carbonyl (C=O) groups is 2. The third-order valence-corrected chi connectivity index (χ3v) is 8.25. The monoisotopic (exact) mass is 499 g/mol. The van der Waals surface area contributed by atoms with Crippen LogP contribution in [0, 0.1) is 23.5 Å². The number of hydrogen-bond donors (Lipinski definition) is 0. The summed E-state index contributed by atoms with van der Waals surface area (Å²) in [6.45, 7) is 1.82. The zero-order valence-electron chi connectivity index (χ0n) is 20.4. The molecule has 2 heterocycles. The molecule has 0 unspecified atom stereocenters. The number of halogens is 2. The van der Waals surface area contributed by atoms with Crippen molar-refractivity contribution in [3.63, 3.8) is 0 Å². The highest BCUT2D eigenvalue weighted by Crippen LogP contribution is 2.46. The van der Waals surface area contributed by atoms with Crippen LogP contribution in [-0.4, -0.2) is 52.6 Å². The summed E-state index contributed by atoms with van der Waals surface area (Å²) >= 11 is 0. The molecule has 7 heteroatoms. The van der Waals surface area contributed by atoms with Crippen molar-refractivity contribution in [3.8, 4) is 11.1 Å². The summed E-state index contributed by atoms with van der Waals surface area (Å²) in [5.74, 6) is 0.240. The summed E-state index contributed by atoms with van der Waals surface area (Å²) in [4.78, 5) is 34.2. The highest BCUT2D eigenvalue weighted by molar-refractivity contribution is 6.16. The van der Waals surface area contributed by atoms with Crippen molar-refractivity contribution in [1.82, 2.24) is 9.80 Å². The van der Waals surface area contributed by atoms with Crippen LogP contribution >= 0.6 is 0 Å². The van der Waals surface area contributed by atoms with E-state index < -0.39 is 11.4 Å². The van der Waals surface area contributed by atoms with E-state index in [-0.39, 0.29) is 29.5 Å². The molecule has 188 valence electrons. The van der Waals surface area contributed by atoms with Crippen molar-refractivity contribution in [2.45, 2.75) is 37.6 Å². The maximum Gasteiger partial charge on any atom is 0.256 e. The summed E-state index contributed by atoms with van der Waals surface area (Å²) < 4.78 is 29.1. The molecule has 1 spiro atoms. The molecule has 2 aliphatic carbocycles. The van der Waals surface area contributed by atoms with Gasteiger partial charge in [-0.05, 0) is 90.3 Å². The van der Waals surface area contributed by atoms with Gasteiger partial charge in [-0.2, -0.15) is 0 Å². The quantitative estimate of drug-likeness (QED) is 0.487. The van der Waals surface area contributed by atoms with Gasteiger partial charge in [0.2, 0.25) is 5.91 Å². The van der Waals surface area contributed by atoms with E-state index in [0.717, 1.165) is 42.1 Å². The van der Waals surface area contributed by atoms with E-state index in [1.807, 2.05) is 29.2 Å². The van der Waals surface area contributed by atoms with Crippen molar-refractivity contribution in [1.29, 1.82) is 0 Å². The second kappa shape index (κ2) is 8.20. The normalized spacial score (nSPS) is 22.3. The molecular formula is C30H27F2N3O2. The molecule has 3 fully saturated rings. The number of fused-ring (bicyclic) bond motifs is 1. The molecule has 0 aromatic heterocycles. The molecule has 1 atom stereocenters. The third kappa shape index (κ3) is 3.92. The van der Waals surface area contributed by atoms with Crippen molar-refractivity contribution in [2.75, 3.05) is 19.6 Å². The van der Waals surface area contributed by atoms with Crippen LogP contribution in [0.2, 0.25) is 0 Å². The summed E-state index contributed by atoms with van der Waals surface area (Å²) in [5.41, 5.74) is 1.13. The number of hydrogen-bond acceptors (Lipinski definition) is 3. The molecule has 1 saturated heterocycles. The smallest absolute Gasteiger partial charge is 0.256 e. The van der Waals surface area contributed by atoms with Gasteiger partial charge < -0.3 is 4.90 Å². The molecule has 7 rings (SSSR count). The predicted octanol–water partition coefficient (Wildman–Crippen LogP) is 5.16. The lowest BCUT2D eigenvalue weighted by Crippen LogP contribution is -2.41. The SMILES string of the molecule is O=C(C1CC1)N1CC[C@@H](CN2C(=O)C3(CC3)N=C2c2ccc(-c3ccc4cc(F)ccc4c3)cc2F)C1. The predicted molar refractivity (Wildman–Crippen MR) is 137 cm³/mol. The largest absolute Gasteiger partial charge is 0.342 e. The van der Waals surface area contributed by atoms with Gasteiger partial charge in [0, 0.05) is 25.6 Å². The fraction of sp³-hybridized carbons (Fsp3) is 0.367. The molecule has 2 aliphatic heterocycles. The van der Waals surface area contributed by atoms with Gasteiger partial charge in [-0.1, -0.05) is 24.3 Å². The molecule has 3 aromatic rings. The van der Waals surface area contributed by atoms with Gasteiger partial charge in [0.25, 0.3) is 5.91 Å². The van der Waals surface area contributed by atoms with E-state index in [9.17, 15) is 14.0 Å². The van der Waals surface area contributed by atoms with Crippen molar-refractivity contribution < 1.29 is 18.4 Å². The maximum absolute atomic E-state index is 15.6. The minimum atomic E-state index is -0.726. The lowest BCUT2D eigenvalue weighted by molar-refractivity contribution is -0.131. The highest BCUT2D eigenvalue weighted by atomic mass is 19.1. The molecule has 3 aromatic carbocycles. The molecule has 2 saturated carbocycles. The summed E-state index contributed by atoms with van der Waals surface area (Å²) in [6, 6.07) is 15.2. The number of nitrogens with zero attached hydrogens (tertiary/aromatic N) is 3. The minimum absolute atomic E-state index is 0.0419. The molecule has 0 N–H and O–H groups in total. The molecule has 0 radical (unpaired) electrons. The van der Waals surface area contributed by atoms with Gasteiger partial charge >= 0.3 is 0 Å². The van der Waals surface area contributed by atoms with Crippen LogP contribution in [0.15, 0.2) is 59.6 Å². The summed E-state index contributed by atoms with van der Waals surface area (Å²) in [6.07, 6.45) is 4.20. The van der Waals surface area contributed by atoms with Gasteiger partial charge in [-0.3, -0.25) is 19.5 Å². The molecular weight excluding hydrogens is 472 g/mol. The topological polar surface area (TPSA) is 53.0 Å². The molecule has 2 amide bonds. The Morgan fingerprint density at radius 1 is 0.946 bits per heavy atom. The first-order valence-electron chi connectivity index (χ1n) is 13.1. The zero-order valence-corrected chi connectivity index (χ0v) is 20.4. The standard InChI is InChI=1S/C30H27F2N3O2/c31-24-7-5-21-13-20(3-4-22(21)14-24)23-6-8-25(26(32)15-23)27-33-30(10-11-30)29(37)35(27)17-18-9-12-34(16-18)28(36)19-1-2-19/h3-8,13-15,18-19H,1-2,9-12,16-17H2/t18-/m1/s1. The number of rotatable bonds is 5. The van der Waals surface area contributed by atoms with E-state index in [2.05, 4.69) is 0 Å². The Balaban J connectivity index is 1.15. The number of carbonyl (C=O) groups excluding carboxylic acids is 2. The fourth-order valence-electron chi connectivity index (χ4n) is 5.78. The van der Waals surface area contributed by atoms with E-state index in [0.29, 0.717) is 42.9 Å². The van der Waals surface area contributed by atoms with Gasteiger partial charge in [0.15, 0.2) is 0 Å². The Morgan fingerprint density at radius 2 is 1.68 bits per heavy atom. The van der Waals surface area contributed by atoms with Gasteiger partial charge in [0.1, 0.15) is 23.0 Å². The maximum atomic E-state index is 15.6. The lowest BCUT2D eigenvalue weighted by atomic mass is 9.99. The fourth-order valence-corrected chi connectivity index (χ4v) is 5.78. The summed E-state index contributed by atoms with van der Waals surface area (Å²) in [7, 11) is 0. The number of likely N-dealkylation sites (tertiary alicyclic amines) is 1. The van der Waals surface area contributed by atoms with E-state index in [1.165, 1.54) is 18.2 Å². The van der Waals surface area contributed by atoms with Gasteiger partial charge in [0.05, 0.1) is 5.56 Å². The lowest BCUT2D eigenvalue weighted by Gasteiger charge is -2.24. The first-order chi connectivity index (χ1) is 17.9. The molecule has 5 nitrogen and oxygen atoms in total. The van der Waals surface area contributed by atoms with Crippen LogP contribution in [0.5, 0.6) is 0 Å². The Labute approximate surface area is 213 Å². The summed E-state index contributed by atoms with van der Waals surface area (Å²) in [5, 5.41) is 1.66. The van der Waals surface area contributed by atoms with Crippen molar-refractivity contribution in [3.05, 3.63) is 71.8 Å². The Hall–Kier alpha value is -3.61. The third-order valence-electron chi connectivity index (χ3n) is 8.25. The van der Waals surface area contributed by atoms with Gasteiger partial charge in [-0.25, -0.2) is 8.78 Å². The van der Waals surface area contributed by atoms with E-state index in [1.54, 1.807) is 17.0 Å². The second-order valence-corrected chi connectivity index (χ2v) is 11.0. The Bertz CT molecular complexity index is 1490. The van der Waals surface area contributed by atoms with Crippen LogP contribution in [0.3, 0.4) is 0 Å². The van der Waals surface area contributed by atoms with E-state index in [4.69, 9.17) is 4.99 Å². The molecule has 4 aliphatic rings. The van der Waals surface area contributed by atoms with Crippen LogP contribution in [0.4, 0.5) is 8.78 Å². The van der Waals surface area contributed by atoms with Crippen LogP contribution < -0.4 is 0 Å².